The number of sulfonamides is 1. The van der Waals surface area contributed by atoms with Crippen molar-refractivity contribution >= 4 is 34.0 Å². The minimum absolute atomic E-state index is 0. The van der Waals surface area contributed by atoms with Crippen LogP contribution in [0.3, 0.4) is 0 Å². The first kappa shape index (κ1) is 21.2. The van der Waals surface area contributed by atoms with E-state index in [0.29, 0.717) is 12.2 Å². The van der Waals surface area contributed by atoms with Gasteiger partial charge < -0.3 is 10.2 Å². The molecule has 1 amide bonds. The normalized spacial score (nSPS) is 16.4. The van der Waals surface area contributed by atoms with Gasteiger partial charge in [-0.2, -0.15) is 0 Å². The molecule has 1 heterocycles. The summed E-state index contributed by atoms with van der Waals surface area (Å²) in [6, 6.07) is 15.2. The maximum Gasteiger partial charge on any atom is 0.261 e. The Kier molecular flexibility index (Phi) is 7.24. The van der Waals surface area contributed by atoms with Crippen molar-refractivity contribution in [3.05, 3.63) is 60.2 Å². The van der Waals surface area contributed by atoms with Crippen molar-refractivity contribution in [2.45, 2.75) is 30.3 Å². The number of anilines is 1. The van der Waals surface area contributed by atoms with Crippen LogP contribution < -0.4 is 10.0 Å². The van der Waals surface area contributed by atoms with Crippen LogP contribution in [-0.2, 0) is 21.4 Å². The van der Waals surface area contributed by atoms with Crippen molar-refractivity contribution in [1.82, 2.24) is 10.2 Å². The Hall–Kier alpha value is -2.09. The lowest BCUT2D eigenvalue weighted by atomic mass is 10.1. The Morgan fingerprint density at radius 3 is 2.59 bits per heavy atom. The van der Waals surface area contributed by atoms with Crippen LogP contribution in [0.1, 0.15) is 18.4 Å². The van der Waals surface area contributed by atoms with Crippen LogP contribution in [-0.4, -0.2) is 38.9 Å². The summed E-state index contributed by atoms with van der Waals surface area (Å²) < 4.78 is 27.5. The van der Waals surface area contributed by atoms with Crippen molar-refractivity contribution in [2.75, 3.05) is 18.3 Å². The van der Waals surface area contributed by atoms with Gasteiger partial charge in [0.2, 0.25) is 5.91 Å². The van der Waals surface area contributed by atoms with E-state index in [4.69, 9.17) is 0 Å². The number of hydrogen-bond acceptors (Lipinski definition) is 4. The van der Waals surface area contributed by atoms with E-state index < -0.39 is 10.0 Å². The Balaban J connectivity index is 0.00000261. The molecule has 1 fully saturated rings. The van der Waals surface area contributed by atoms with Crippen molar-refractivity contribution in [3.63, 3.8) is 0 Å². The molecule has 8 heteroatoms. The number of rotatable bonds is 6. The molecule has 6 nitrogen and oxygen atoms in total. The molecule has 146 valence electrons. The van der Waals surface area contributed by atoms with Crippen LogP contribution in [0.4, 0.5) is 5.69 Å². The van der Waals surface area contributed by atoms with Gasteiger partial charge >= 0.3 is 0 Å². The Morgan fingerprint density at radius 2 is 1.93 bits per heavy atom. The van der Waals surface area contributed by atoms with Gasteiger partial charge in [-0.15, -0.1) is 12.4 Å². The largest absolute Gasteiger partial charge is 0.340 e. The molecule has 1 aliphatic rings. The highest BCUT2D eigenvalue weighted by Crippen LogP contribution is 2.18. The van der Waals surface area contributed by atoms with E-state index in [1.807, 2.05) is 6.07 Å². The predicted molar refractivity (Wildman–Crippen MR) is 108 cm³/mol. The molecule has 0 spiro atoms. The van der Waals surface area contributed by atoms with E-state index >= 15 is 0 Å². The van der Waals surface area contributed by atoms with E-state index in [1.54, 1.807) is 60.5 Å². The Morgan fingerprint density at radius 1 is 1.19 bits per heavy atom. The second-order valence-corrected chi connectivity index (χ2v) is 8.14. The molecule has 0 radical (unpaired) electrons. The zero-order valence-electron chi connectivity index (χ0n) is 15.1. The van der Waals surface area contributed by atoms with E-state index in [1.165, 1.54) is 0 Å². The first-order chi connectivity index (χ1) is 12.5. The van der Waals surface area contributed by atoms with Gasteiger partial charge in [0.05, 0.1) is 10.9 Å². The van der Waals surface area contributed by atoms with Gasteiger partial charge in [0.25, 0.3) is 10.0 Å². The molecule has 0 aromatic heterocycles. The number of likely N-dealkylation sites (N-methyl/N-ethyl adjacent to an activating group) is 1. The maximum atomic E-state index is 12.4. The third-order valence-corrected chi connectivity index (χ3v) is 5.78. The molecule has 1 atom stereocenters. The minimum atomic E-state index is -3.63. The van der Waals surface area contributed by atoms with Gasteiger partial charge in [0, 0.05) is 19.3 Å². The zero-order chi connectivity index (χ0) is 18.6. The maximum absolute atomic E-state index is 12.4. The summed E-state index contributed by atoms with van der Waals surface area (Å²) >= 11 is 0. The van der Waals surface area contributed by atoms with E-state index in [0.717, 1.165) is 24.9 Å². The lowest BCUT2D eigenvalue weighted by Gasteiger charge is -2.21. The highest BCUT2D eigenvalue weighted by molar-refractivity contribution is 7.92. The fourth-order valence-electron chi connectivity index (χ4n) is 3.06. The lowest BCUT2D eigenvalue weighted by molar-refractivity contribution is -0.132. The standard InChI is InChI=1S/C19H23N3O3S.ClH/c1-22(19(23)18-11-6-12-20-18)14-15-7-5-8-16(13-15)21-26(24,25)17-9-3-2-4-10-17;/h2-5,7-10,13,18,20-21H,6,11-12,14H2,1H3;1H. The van der Waals surface area contributed by atoms with E-state index in [-0.39, 0.29) is 29.3 Å². The number of hydrogen-bond donors (Lipinski definition) is 2. The van der Waals surface area contributed by atoms with Gasteiger partial charge in [-0.05, 0) is 49.2 Å². The highest BCUT2D eigenvalue weighted by Gasteiger charge is 2.25. The first-order valence-corrected chi connectivity index (χ1v) is 10.1. The second kappa shape index (κ2) is 9.21. The number of nitrogens with zero attached hydrogens (tertiary/aromatic N) is 1. The molecule has 2 N–H and O–H groups in total. The highest BCUT2D eigenvalue weighted by atomic mass is 35.5. The van der Waals surface area contributed by atoms with Crippen LogP contribution in [0, 0.1) is 0 Å². The molecule has 27 heavy (non-hydrogen) atoms. The van der Waals surface area contributed by atoms with Gasteiger partial charge in [-0.1, -0.05) is 30.3 Å². The van der Waals surface area contributed by atoms with Gasteiger partial charge in [-0.3, -0.25) is 9.52 Å². The molecule has 0 bridgehead atoms. The van der Waals surface area contributed by atoms with Crippen LogP contribution >= 0.6 is 12.4 Å². The first-order valence-electron chi connectivity index (χ1n) is 8.61. The molecule has 2 aromatic rings. The van der Waals surface area contributed by atoms with Crippen LogP contribution in [0.25, 0.3) is 0 Å². The monoisotopic (exact) mass is 409 g/mol. The van der Waals surface area contributed by atoms with Gasteiger partial charge in [0.15, 0.2) is 0 Å². The Labute approximate surface area is 166 Å². The molecule has 1 unspecified atom stereocenters. The summed E-state index contributed by atoms with van der Waals surface area (Å²) in [6.45, 7) is 1.30. The molecule has 0 saturated carbocycles. The third kappa shape index (κ3) is 5.45. The fraction of sp³-hybridized carbons (Fsp3) is 0.316. The smallest absolute Gasteiger partial charge is 0.261 e. The number of amides is 1. The summed E-state index contributed by atoms with van der Waals surface area (Å²) in [5, 5.41) is 3.20. The number of carbonyl (C=O) groups excluding carboxylic acids is 1. The van der Waals surface area contributed by atoms with Crippen molar-refractivity contribution < 1.29 is 13.2 Å². The molecular weight excluding hydrogens is 386 g/mol. The van der Waals surface area contributed by atoms with Crippen molar-refractivity contribution in [2.24, 2.45) is 0 Å². The second-order valence-electron chi connectivity index (χ2n) is 6.46. The molecule has 3 rings (SSSR count). The van der Waals surface area contributed by atoms with Crippen LogP contribution in [0.2, 0.25) is 0 Å². The topological polar surface area (TPSA) is 78.5 Å². The van der Waals surface area contributed by atoms with E-state index in [2.05, 4.69) is 10.0 Å². The van der Waals surface area contributed by atoms with E-state index in [9.17, 15) is 13.2 Å². The number of benzene rings is 2. The number of nitrogens with one attached hydrogen (secondary N) is 2. The average molecular weight is 410 g/mol. The summed E-state index contributed by atoms with van der Waals surface area (Å²) in [7, 11) is -1.86. The van der Waals surface area contributed by atoms with Gasteiger partial charge in [0.1, 0.15) is 0 Å². The van der Waals surface area contributed by atoms with Crippen molar-refractivity contribution in [1.29, 1.82) is 0 Å². The molecule has 1 aliphatic heterocycles. The molecule has 0 aliphatic carbocycles. The minimum Gasteiger partial charge on any atom is -0.340 e. The molecular formula is C19H24ClN3O3S. The summed E-state index contributed by atoms with van der Waals surface area (Å²) in [5.41, 5.74) is 1.35. The van der Waals surface area contributed by atoms with Crippen LogP contribution in [0.5, 0.6) is 0 Å². The summed E-state index contributed by atoms with van der Waals surface area (Å²) in [5.74, 6) is 0.0674. The molecule has 1 saturated heterocycles. The molecule has 2 aromatic carbocycles. The Bertz CT molecular complexity index is 869. The van der Waals surface area contributed by atoms with Crippen LogP contribution in [0.15, 0.2) is 59.5 Å². The number of carbonyl (C=O) groups is 1. The fourth-order valence-corrected chi connectivity index (χ4v) is 4.13. The SMILES string of the molecule is CN(Cc1cccc(NS(=O)(=O)c2ccccc2)c1)C(=O)C1CCCN1.Cl. The quantitative estimate of drug-likeness (QED) is 0.768. The predicted octanol–water partition coefficient (Wildman–Crippen LogP) is 2.62. The summed E-state index contributed by atoms with van der Waals surface area (Å²) in [6.07, 6.45) is 1.88. The number of halogens is 1. The average Bonchev–Trinajstić information content (AvgIpc) is 3.16. The van der Waals surface area contributed by atoms with Crippen molar-refractivity contribution in [3.8, 4) is 0 Å². The van der Waals surface area contributed by atoms with Gasteiger partial charge in [-0.25, -0.2) is 8.42 Å². The lowest BCUT2D eigenvalue weighted by Crippen LogP contribution is -2.41. The zero-order valence-corrected chi connectivity index (χ0v) is 16.7. The third-order valence-electron chi connectivity index (χ3n) is 4.39. The summed E-state index contributed by atoms with van der Waals surface area (Å²) in [4.78, 5) is 14.3.